The number of anilines is 3. The smallest absolute Gasteiger partial charge is 0.233 e. The summed E-state index contributed by atoms with van der Waals surface area (Å²) in [6, 6.07) is 8.87. The predicted molar refractivity (Wildman–Crippen MR) is 103 cm³/mol. The van der Waals surface area contributed by atoms with Crippen LogP contribution < -0.4 is 15.5 Å². The average molecular weight is 375 g/mol. The van der Waals surface area contributed by atoms with E-state index in [2.05, 4.69) is 29.4 Å². The third-order valence-corrected chi connectivity index (χ3v) is 4.16. The van der Waals surface area contributed by atoms with Crippen LogP contribution in [0.25, 0.3) is 0 Å². The lowest BCUT2D eigenvalue weighted by Gasteiger charge is -2.22. The molecule has 0 aromatic heterocycles. The molecule has 7 heteroatoms. The van der Waals surface area contributed by atoms with E-state index in [-0.39, 0.29) is 0 Å². The first-order valence-corrected chi connectivity index (χ1v) is 8.75. The molecule has 0 spiro atoms. The minimum atomic E-state index is -0.897. The lowest BCUT2D eigenvalue weighted by molar-refractivity contribution is -0.123. The van der Waals surface area contributed by atoms with Crippen molar-refractivity contribution in [1.29, 1.82) is 0 Å². The zero-order valence-corrected chi connectivity index (χ0v) is 15.6. The number of nitrogens with zero attached hydrogens (tertiary/aromatic N) is 1. The van der Waals surface area contributed by atoms with Crippen molar-refractivity contribution in [2.45, 2.75) is 27.2 Å². The molecule has 2 N–H and O–H groups in total. The first-order chi connectivity index (χ1) is 12.8. The van der Waals surface area contributed by atoms with Gasteiger partial charge < -0.3 is 15.5 Å². The zero-order valence-electron chi connectivity index (χ0n) is 15.6. The van der Waals surface area contributed by atoms with Crippen molar-refractivity contribution in [2.24, 2.45) is 0 Å². The number of rotatable bonds is 7. The summed E-state index contributed by atoms with van der Waals surface area (Å²) in [5.41, 5.74) is 1.92. The summed E-state index contributed by atoms with van der Waals surface area (Å²) >= 11 is 0. The van der Waals surface area contributed by atoms with Crippen molar-refractivity contribution in [3.05, 3.63) is 53.6 Å². The Kier molecular flexibility index (Phi) is 6.87. The van der Waals surface area contributed by atoms with Crippen LogP contribution in [0.2, 0.25) is 0 Å². The summed E-state index contributed by atoms with van der Waals surface area (Å²) in [4.78, 5) is 26.2. The van der Waals surface area contributed by atoms with Gasteiger partial charge in [0.2, 0.25) is 11.8 Å². The Bertz CT molecular complexity index is 816. The van der Waals surface area contributed by atoms with Gasteiger partial charge in [-0.2, -0.15) is 0 Å². The minimum absolute atomic E-state index is 0.551. The number of halogens is 2. The Balaban J connectivity index is 2.00. The second-order valence-electron chi connectivity index (χ2n) is 6.04. The average Bonchev–Trinajstić information content (AvgIpc) is 2.61. The van der Waals surface area contributed by atoms with E-state index in [0.29, 0.717) is 5.69 Å². The summed E-state index contributed by atoms with van der Waals surface area (Å²) in [5, 5.41) is 4.75. The molecule has 2 aromatic carbocycles. The molecule has 0 saturated carbocycles. The molecule has 0 saturated heterocycles. The highest BCUT2D eigenvalue weighted by Crippen LogP contribution is 2.23. The maximum Gasteiger partial charge on any atom is 0.233 e. The first kappa shape index (κ1) is 20.4. The molecule has 0 aliphatic heterocycles. The third-order valence-electron chi connectivity index (χ3n) is 4.16. The second kappa shape index (κ2) is 9.12. The molecule has 5 nitrogen and oxygen atoms in total. The standard InChI is InChI=1S/C20H23F2N3O2/c1-4-25(5-2)14-9-10-17(13(3)11-14)23-18(26)12-19(27)24-20-15(21)7-6-8-16(20)22/h6-11H,4-5,12H2,1-3H3,(H,23,26)(H,24,27). The molecule has 144 valence electrons. The largest absolute Gasteiger partial charge is 0.372 e. The lowest BCUT2D eigenvalue weighted by atomic mass is 10.1. The Morgan fingerprint density at radius 2 is 1.56 bits per heavy atom. The number of nitrogens with one attached hydrogen (secondary N) is 2. The number of carbonyl (C=O) groups excluding carboxylic acids is 2. The molecule has 0 aliphatic carbocycles. The van der Waals surface area contributed by atoms with E-state index in [4.69, 9.17) is 0 Å². The van der Waals surface area contributed by atoms with Crippen LogP contribution in [-0.4, -0.2) is 24.9 Å². The monoisotopic (exact) mass is 375 g/mol. The summed E-state index contributed by atoms with van der Waals surface area (Å²) in [6.45, 7) is 7.72. The number of carbonyl (C=O) groups is 2. The van der Waals surface area contributed by atoms with Gasteiger partial charge in [-0.15, -0.1) is 0 Å². The normalized spacial score (nSPS) is 10.4. The Hall–Kier alpha value is -2.96. The van der Waals surface area contributed by atoms with Crippen LogP contribution in [0.4, 0.5) is 25.8 Å². The zero-order chi connectivity index (χ0) is 20.0. The van der Waals surface area contributed by atoms with Gasteiger partial charge >= 0.3 is 0 Å². The van der Waals surface area contributed by atoms with Crippen LogP contribution in [0.3, 0.4) is 0 Å². The molecule has 2 amide bonds. The highest BCUT2D eigenvalue weighted by atomic mass is 19.1. The number of hydrogen-bond donors (Lipinski definition) is 2. The fourth-order valence-electron chi connectivity index (χ4n) is 2.71. The van der Waals surface area contributed by atoms with Crippen LogP contribution in [0.15, 0.2) is 36.4 Å². The fourth-order valence-corrected chi connectivity index (χ4v) is 2.71. The Morgan fingerprint density at radius 3 is 2.11 bits per heavy atom. The van der Waals surface area contributed by atoms with Gasteiger partial charge in [-0.3, -0.25) is 9.59 Å². The molecule has 27 heavy (non-hydrogen) atoms. The fraction of sp³-hybridized carbons (Fsp3) is 0.300. The number of para-hydroxylation sites is 1. The van der Waals surface area contributed by atoms with Crippen molar-refractivity contribution in [3.63, 3.8) is 0 Å². The molecule has 0 fully saturated rings. The van der Waals surface area contributed by atoms with E-state index >= 15 is 0 Å². The maximum absolute atomic E-state index is 13.6. The summed E-state index contributed by atoms with van der Waals surface area (Å²) in [5.74, 6) is -3.16. The van der Waals surface area contributed by atoms with Crippen LogP contribution in [0.5, 0.6) is 0 Å². The summed E-state index contributed by atoms with van der Waals surface area (Å²) in [6.07, 6.45) is -0.551. The maximum atomic E-state index is 13.6. The highest BCUT2D eigenvalue weighted by molar-refractivity contribution is 6.08. The minimum Gasteiger partial charge on any atom is -0.372 e. The SMILES string of the molecule is CCN(CC)c1ccc(NC(=O)CC(=O)Nc2c(F)cccc2F)c(C)c1. The van der Waals surface area contributed by atoms with Gasteiger partial charge in [0.05, 0.1) is 0 Å². The third kappa shape index (κ3) is 5.26. The number of aryl methyl sites for hydroxylation is 1. The molecule has 0 radical (unpaired) electrons. The van der Waals surface area contributed by atoms with Gasteiger partial charge in [0, 0.05) is 24.5 Å². The highest BCUT2D eigenvalue weighted by Gasteiger charge is 2.15. The molecule has 0 unspecified atom stereocenters. The van der Waals surface area contributed by atoms with E-state index in [1.807, 2.05) is 19.1 Å². The van der Waals surface area contributed by atoms with Crippen LogP contribution in [0.1, 0.15) is 25.8 Å². The van der Waals surface area contributed by atoms with Crippen LogP contribution in [-0.2, 0) is 9.59 Å². The van der Waals surface area contributed by atoms with Gasteiger partial charge in [-0.05, 0) is 56.7 Å². The first-order valence-electron chi connectivity index (χ1n) is 8.75. The Labute approximate surface area is 157 Å². The number of amides is 2. The molecule has 2 aromatic rings. The van der Waals surface area contributed by atoms with Crippen molar-refractivity contribution in [1.82, 2.24) is 0 Å². The Morgan fingerprint density at radius 1 is 0.963 bits per heavy atom. The summed E-state index contributed by atoms with van der Waals surface area (Å²) in [7, 11) is 0. The van der Waals surface area contributed by atoms with E-state index in [1.54, 1.807) is 6.07 Å². The van der Waals surface area contributed by atoms with Gasteiger partial charge in [0.15, 0.2) is 0 Å². The number of hydrogen-bond acceptors (Lipinski definition) is 3. The predicted octanol–water partition coefficient (Wildman–Crippen LogP) is 4.09. The van der Waals surface area contributed by atoms with Crippen LogP contribution >= 0.6 is 0 Å². The van der Waals surface area contributed by atoms with Crippen molar-refractivity contribution < 1.29 is 18.4 Å². The summed E-state index contributed by atoms with van der Waals surface area (Å²) < 4.78 is 27.1. The van der Waals surface area contributed by atoms with Gasteiger partial charge in [0.25, 0.3) is 0 Å². The van der Waals surface area contributed by atoms with Gasteiger partial charge in [-0.25, -0.2) is 8.78 Å². The second-order valence-corrected chi connectivity index (χ2v) is 6.04. The van der Waals surface area contributed by atoms with E-state index in [1.165, 1.54) is 6.07 Å². The van der Waals surface area contributed by atoms with Gasteiger partial charge in [0.1, 0.15) is 23.7 Å². The topological polar surface area (TPSA) is 61.4 Å². The van der Waals surface area contributed by atoms with Crippen LogP contribution in [0, 0.1) is 18.6 Å². The van der Waals surface area contributed by atoms with Crippen molar-refractivity contribution in [3.8, 4) is 0 Å². The van der Waals surface area contributed by atoms with Gasteiger partial charge in [-0.1, -0.05) is 6.07 Å². The van der Waals surface area contributed by atoms with Crippen molar-refractivity contribution >= 4 is 28.9 Å². The number of benzene rings is 2. The van der Waals surface area contributed by atoms with E-state index in [9.17, 15) is 18.4 Å². The molecule has 0 bridgehead atoms. The molecular weight excluding hydrogens is 352 g/mol. The van der Waals surface area contributed by atoms with E-state index < -0.39 is 35.6 Å². The molecular formula is C20H23F2N3O2. The molecule has 0 heterocycles. The van der Waals surface area contributed by atoms with E-state index in [0.717, 1.165) is 36.5 Å². The molecule has 0 atom stereocenters. The lowest BCUT2D eigenvalue weighted by Crippen LogP contribution is -2.23. The molecule has 0 aliphatic rings. The quantitative estimate of drug-likeness (QED) is 0.717. The molecule has 2 rings (SSSR count). The van der Waals surface area contributed by atoms with Crippen molar-refractivity contribution in [2.75, 3.05) is 28.6 Å².